The number of hydrogen-bond donors (Lipinski definition) is 2. The Morgan fingerprint density at radius 1 is 1.12 bits per heavy atom. The van der Waals surface area contributed by atoms with E-state index in [1.165, 1.54) is 18.2 Å². The number of nitrogens with zero attached hydrogens (tertiary/aromatic N) is 3. The molecule has 0 radical (unpaired) electrons. The average Bonchev–Trinajstić information content (AvgIpc) is 2.81. The largest absolute Gasteiger partial charge is 0.381 e. The van der Waals surface area contributed by atoms with Crippen LogP contribution in [0.25, 0.3) is 5.57 Å². The fourth-order valence-electron chi connectivity index (χ4n) is 4.53. The van der Waals surface area contributed by atoms with Crippen LogP contribution < -0.4 is 11.5 Å². The Balaban J connectivity index is 1.94. The molecule has 4 N–H and O–H groups in total. The van der Waals surface area contributed by atoms with E-state index in [1.54, 1.807) is 11.0 Å². The molecule has 3 heterocycles. The van der Waals surface area contributed by atoms with Crippen molar-refractivity contribution >= 4 is 39.1 Å². The lowest BCUT2D eigenvalue weighted by molar-refractivity contribution is -0.134. The molecule has 1 atom stereocenters. The van der Waals surface area contributed by atoms with E-state index in [1.807, 2.05) is 0 Å². The molecule has 0 bridgehead atoms. The minimum atomic E-state index is -1.93. The molecule has 2 aliphatic rings. The Hall–Kier alpha value is -3.18. The summed E-state index contributed by atoms with van der Waals surface area (Å²) in [6, 6.07) is 8.09. The van der Waals surface area contributed by atoms with Gasteiger partial charge in [0, 0.05) is 26.3 Å². The van der Waals surface area contributed by atoms with Crippen LogP contribution >= 0.6 is 15.9 Å². The number of carbonyl (C=O) groups excluding carboxylic acids is 3. The van der Waals surface area contributed by atoms with E-state index in [0.29, 0.717) is 24.4 Å². The highest BCUT2D eigenvalue weighted by Gasteiger charge is 2.55. The molecule has 1 aromatic heterocycles. The van der Waals surface area contributed by atoms with Crippen LogP contribution in [-0.4, -0.2) is 59.0 Å². The van der Waals surface area contributed by atoms with Gasteiger partial charge in [-0.1, -0.05) is 12.1 Å². The molecule has 178 valence electrons. The number of benzene rings is 1. The molecular formula is C23H23BrFN5O4. The summed E-state index contributed by atoms with van der Waals surface area (Å²) >= 11 is 3.20. The lowest BCUT2D eigenvalue weighted by atomic mass is 9.71. The van der Waals surface area contributed by atoms with Gasteiger partial charge in [0.05, 0.1) is 11.3 Å². The lowest BCUT2D eigenvalue weighted by Crippen LogP contribution is -2.60. The normalized spacial score (nSPS) is 21.6. The third kappa shape index (κ3) is 4.32. The number of ketones is 1. The van der Waals surface area contributed by atoms with Crippen molar-refractivity contribution in [2.45, 2.75) is 18.3 Å². The number of amides is 2. The van der Waals surface area contributed by atoms with Crippen molar-refractivity contribution in [1.82, 2.24) is 15.1 Å². The summed E-state index contributed by atoms with van der Waals surface area (Å²) in [7, 11) is 0. The van der Waals surface area contributed by atoms with Crippen LogP contribution in [0.15, 0.2) is 46.7 Å². The van der Waals surface area contributed by atoms with Gasteiger partial charge in [-0.25, -0.2) is 4.39 Å². The second-order valence-corrected chi connectivity index (χ2v) is 9.18. The van der Waals surface area contributed by atoms with Gasteiger partial charge in [-0.15, -0.1) is 5.10 Å². The zero-order chi connectivity index (χ0) is 24.5. The molecule has 2 aliphatic heterocycles. The van der Waals surface area contributed by atoms with E-state index in [4.69, 9.17) is 16.2 Å². The number of rotatable bonds is 6. The average molecular weight is 532 g/mol. The Morgan fingerprint density at radius 3 is 2.35 bits per heavy atom. The minimum absolute atomic E-state index is 0.0370. The maximum Gasteiger partial charge on any atom is 0.265 e. The number of Topliss-reactive ketones (excluding diaryl/α,β-unsaturated/α-hetero) is 1. The monoisotopic (exact) mass is 531 g/mol. The molecule has 9 nitrogen and oxygen atoms in total. The number of halogens is 2. The smallest absolute Gasteiger partial charge is 0.265 e. The van der Waals surface area contributed by atoms with Crippen LogP contribution in [0, 0.1) is 11.7 Å². The first-order chi connectivity index (χ1) is 16.2. The first-order valence-corrected chi connectivity index (χ1v) is 11.5. The highest BCUT2D eigenvalue weighted by molar-refractivity contribution is 9.10. The van der Waals surface area contributed by atoms with Gasteiger partial charge in [0.15, 0.2) is 11.2 Å². The summed E-state index contributed by atoms with van der Waals surface area (Å²) in [4.78, 5) is 41.3. The lowest BCUT2D eigenvalue weighted by Gasteiger charge is -2.43. The number of aromatic nitrogens is 2. The van der Waals surface area contributed by atoms with Crippen molar-refractivity contribution in [2.75, 3.05) is 26.3 Å². The molecule has 34 heavy (non-hydrogen) atoms. The standard InChI is InChI=1S/C23H23BrFN5O4/c24-17-6-5-16(28-29-17)23(22(27)33)12-30(11-13-7-9-34-10-8-13)19(21(26)32)18(20(23)31)14-1-3-15(25)4-2-14/h1-6,13H,7-12H2,(H2,26,32)(H2,27,33). The summed E-state index contributed by atoms with van der Waals surface area (Å²) in [6.45, 7) is 1.25. The topological polar surface area (TPSA) is 142 Å². The van der Waals surface area contributed by atoms with Crippen LogP contribution in [0.1, 0.15) is 24.1 Å². The summed E-state index contributed by atoms with van der Waals surface area (Å²) in [6.07, 6.45) is 1.48. The Bertz CT molecular complexity index is 1150. The molecule has 2 amide bonds. The summed E-state index contributed by atoms with van der Waals surface area (Å²) in [5, 5.41) is 8.01. The third-order valence-electron chi connectivity index (χ3n) is 6.27. The van der Waals surface area contributed by atoms with Gasteiger partial charge < -0.3 is 21.1 Å². The van der Waals surface area contributed by atoms with Crippen LogP contribution in [0.3, 0.4) is 0 Å². The van der Waals surface area contributed by atoms with Crippen LogP contribution in [0.2, 0.25) is 0 Å². The van der Waals surface area contributed by atoms with Gasteiger partial charge in [-0.05, 0) is 64.5 Å². The SMILES string of the molecule is NC(=O)C1=C(c2ccc(F)cc2)C(=O)C(C(N)=O)(c2ccc(Br)nn2)CN1CC1CCOCC1. The van der Waals surface area contributed by atoms with Crippen LogP contribution in [0.5, 0.6) is 0 Å². The summed E-state index contributed by atoms with van der Waals surface area (Å²) in [5.41, 5.74) is 9.85. The predicted octanol–water partition coefficient (Wildman–Crippen LogP) is 1.31. The van der Waals surface area contributed by atoms with Crippen molar-refractivity contribution < 1.29 is 23.5 Å². The van der Waals surface area contributed by atoms with Gasteiger partial charge in [-0.3, -0.25) is 14.4 Å². The van der Waals surface area contributed by atoms with Crippen LogP contribution in [0.4, 0.5) is 4.39 Å². The number of carbonyl (C=O) groups is 3. The second kappa shape index (κ2) is 9.59. The molecular weight excluding hydrogens is 509 g/mol. The van der Waals surface area contributed by atoms with E-state index < -0.39 is 28.8 Å². The quantitative estimate of drug-likeness (QED) is 0.535. The van der Waals surface area contributed by atoms with Crippen molar-refractivity contribution in [2.24, 2.45) is 17.4 Å². The minimum Gasteiger partial charge on any atom is -0.381 e. The first-order valence-electron chi connectivity index (χ1n) is 10.7. The molecule has 1 aromatic carbocycles. The molecule has 0 spiro atoms. The van der Waals surface area contributed by atoms with E-state index in [2.05, 4.69) is 26.1 Å². The second-order valence-electron chi connectivity index (χ2n) is 8.37. The van der Waals surface area contributed by atoms with E-state index in [0.717, 1.165) is 25.0 Å². The fraction of sp³-hybridized carbons (Fsp3) is 0.348. The van der Waals surface area contributed by atoms with Gasteiger partial charge in [0.25, 0.3) is 5.91 Å². The molecule has 1 fully saturated rings. The van der Waals surface area contributed by atoms with E-state index >= 15 is 0 Å². The number of nitrogens with two attached hydrogens (primary N) is 2. The Kier molecular flexibility index (Phi) is 6.76. The van der Waals surface area contributed by atoms with Gasteiger partial charge in [0.1, 0.15) is 16.1 Å². The highest BCUT2D eigenvalue weighted by Crippen LogP contribution is 2.40. The molecule has 0 saturated carbocycles. The van der Waals surface area contributed by atoms with Crippen molar-refractivity contribution in [1.29, 1.82) is 0 Å². The van der Waals surface area contributed by atoms with Crippen molar-refractivity contribution in [3.8, 4) is 0 Å². The van der Waals surface area contributed by atoms with Gasteiger partial charge in [0.2, 0.25) is 5.91 Å². The van der Waals surface area contributed by atoms with E-state index in [-0.39, 0.29) is 35.0 Å². The molecule has 1 unspecified atom stereocenters. The molecule has 2 aromatic rings. The molecule has 11 heteroatoms. The number of primary amides is 2. The molecule has 0 aliphatic carbocycles. The fourth-order valence-corrected chi connectivity index (χ4v) is 4.74. The van der Waals surface area contributed by atoms with Crippen molar-refractivity contribution in [3.63, 3.8) is 0 Å². The maximum absolute atomic E-state index is 14.0. The Labute approximate surface area is 203 Å². The Morgan fingerprint density at radius 2 is 1.79 bits per heavy atom. The number of allylic oxidation sites excluding steroid dienone is 1. The zero-order valence-corrected chi connectivity index (χ0v) is 19.8. The third-order valence-corrected chi connectivity index (χ3v) is 6.69. The molecule has 1 saturated heterocycles. The highest BCUT2D eigenvalue weighted by atomic mass is 79.9. The first kappa shape index (κ1) is 24.0. The summed E-state index contributed by atoms with van der Waals surface area (Å²) < 4.78 is 19.5. The zero-order valence-electron chi connectivity index (χ0n) is 18.2. The number of ether oxygens (including phenoxy) is 1. The van der Waals surface area contributed by atoms with Gasteiger partial charge >= 0.3 is 0 Å². The van der Waals surface area contributed by atoms with Gasteiger partial charge in [-0.2, -0.15) is 5.10 Å². The number of hydrogen-bond acceptors (Lipinski definition) is 7. The molecule has 4 rings (SSSR count). The predicted molar refractivity (Wildman–Crippen MR) is 123 cm³/mol. The maximum atomic E-state index is 14.0. The summed E-state index contributed by atoms with van der Waals surface area (Å²) in [5.74, 6) is -2.89. The van der Waals surface area contributed by atoms with Crippen molar-refractivity contribution in [3.05, 3.63) is 63.8 Å². The van der Waals surface area contributed by atoms with Crippen LogP contribution in [-0.2, 0) is 24.5 Å². The van der Waals surface area contributed by atoms with E-state index in [9.17, 15) is 18.8 Å².